The van der Waals surface area contributed by atoms with Crippen LogP contribution in [0.2, 0.25) is 0 Å². The molecule has 5 aromatic carbocycles. The second-order valence-corrected chi connectivity index (χ2v) is 30.3. The fourth-order valence-electron chi connectivity index (χ4n) is 14.4. The summed E-state index contributed by atoms with van der Waals surface area (Å²) in [4.78, 5) is 88.7. The van der Waals surface area contributed by atoms with E-state index >= 15 is 0 Å². The van der Waals surface area contributed by atoms with Gasteiger partial charge in [0.15, 0.2) is 6.29 Å². The molecule has 2 saturated carbocycles. The molecule has 0 radical (unpaired) electrons. The standard InChI is InChI=1S/C92H126O20/c1-4-28-70-31-33-71(34-32-70)72-35-47-79(48-36-72)111-89(97)73-37-43-77(44-38-73)100-57-17-6-10-21-61-104-84(93)53-54-86(95)106-63-23-12-8-19-59-102-81-51-52-83(82(68-81)91(99)110-67-26-15-14-25-65-108-88-30-16-27-66-109-88)103-60-20-9-13-24-64-107-87(96)56-55-85(94)105-62-22-11-7-18-58-101-78-45-39-74(40-46-78)90(98)112-80-49-41-75(42-50-80)92(3)69-76(92)29-5-2/h35-52,68,70-71,76,88H,4-34,53-67,69H2,1-3H3. The first-order chi connectivity index (χ1) is 54.7. The summed E-state index contributed by atoms with van der Waals surface area (Å²) in [7, 11) is 0. The molecule has 1 heterocycles. The van der Waals surface area contributed by atoms with Crippen LogP contribution in [0.15, 0.2) is 115 Å². The lowest BCUT2D eigenvalue weighted by Gasteiger charge is -2.28. The summed E-state index contributed by atoms with van der Waals surface area (Å²) in [5, 5.41) is 0. The zero-order chi connectivity index (χ0) is 79.1. The van der Waals surface area contributed by atoms with Crippen LogP contribution in [0.1, 0.15) is 300 Å². The number of hydrogen-bond donors (Lipinski definition) is 0. The SMILES string of the molecule is CCCC1CCC(c2ccc(OC(=O)c3ccc(OCCCCCCOC(=O)CCC(=O)OCCCCCCOc4ccc(OCCCCCCOC(=O)CCC(=O)OCCCCCCOc5ccc(C(=O)Oc6ccc(C7(C)CC7CCC)cc6)cc5)c(C(=O)OCCCCCCOC5CCCCO5)c4)cc3)cc2)CC1. The van der Waals surface area contributed by atoms with E-state index in [1.807, 2.05) is 24.3 Å². The van der Waals surface area contributed by atoms with Gasteiger partial charge in [-0.2, -0.15) is 0 Å². The zero-order valence-electron chi connectivity index (χ0n) is 67.2. The highest BCUT2D eigenvalue weighted by Crippen LogP contribution is 2.56. The van der Waals surface area contributed by atoms with Crippen LogP contribution in [0.4, 0.5) is 0 Å². The van der Waals surface area contributed by atoms with E-state index in [9.17, 15) is 33.6 Å². The largest absolute Gasteiger partial charge is 0.494 e. The van der Waals surface area contributed by atoms with Crippen molar-refractivity contribution >= 4 is 41.8 Å². The molecule has 0 amide bonds. The number of carbonyl (C=O) groups is 7. The monoisotopic (exact) mass is 1550 g/mol. The van der Waals surface area contributed by atoms with E-state index in [0.717, 1.165) is 128 Å². The summed E-state index contributed by atoms with van der Waals surface area (Å²) in [5.74, 6) is 2.44. The number of benzene rings is 5. The van der Waals surface area contributed by atoms with Crippen LogP contribution in [0.25, 0.3) is 0 Å². The Bertz CT molecular complexity index is 3520. The maximum Gasteiger partial charge on any atom is 0.343 e. The zero-order valence-corrected chi connectivity index (χ0v) is 67.2. The minimum absolute atomic E-state index is 0.0385. The highest BCUT2D eigenvalue weighted by molar-refractivity contribution is 5.93. The quantitative estimate of drug-likeness (QED) is 0.0152. The Morgan fingerprint density at radius 2 is 0.786 bits per heavy atom. The van der Waals surface area contributed by atoms with Gasteiger partial charge in [0, 0.05) is 13.2 Å². The molecule has 3 atom stereocenters. The fraction of sp³-hybridized carbons (Fsp3) is 0.598. The van der Waals surface area contributed by atoms with Crippen LogP contribution in [0, 0.1) is 11.8 Å². The van der Waals surface area contributed by atoms with Gasteiger partial charge in [0.1, 0.15) is 40.1 Å². The number of esters is 7. The van der Waals surface area contributed by atoms with E-state index in [1.165, 1.54) is 68.9 Å². The minimum atomic E-state index is -0.490. The summed E-state index contributed by atoms with van der Waals surface area (Å²) in [5.41, 5.74) is 4.03. The van der Waals surface area contributed by atoms with Gasteiger partial charge in [0.25, 0.3) is 0 Å². The van der Waals surface area contributed by atoms with Gasteiger partial charge in [-0.3, -0.25) is 19.2 Å². The number of unbranched alkanes of at least 4 members (excludes halogenated alkanes) is 15. The predicted molar refractivity (Wildman–Crippen MR) is 429 cm³/mol. The van der Waals surface area contributed by atoms with E-state index in [1.54, 1.807) is 66.7 Å². The fourth-order valence-corrected chi connectivity index (χ4v) is 14.4. The van der Waals surface area contributed by atoms with Crippen LogP contribution < -0.4 is 28.4 Å². The third-order valence-electron chi connectivity index (χ3n) is 21.3. The number of rotatable bonds is 57. The predicted octanol–water partition coefficient (Wildman–Crippen LogP) is 20.4. The number of carbonyl (C=O) groups excluding carboxylic acids is 7. The highest BCUT2D eigenvalue weighted by Gasteiger charge is 2.50. The van der Waals surface area contributed by atoms with Crippen molar-refractivity contribution in [2.75, 3.05) is 72.7 Å². The molecule has 0 aromatic heterocycles. The van der Waals surface area contributed by atoms with Gasteiger partial charge in [-0.15, -0.1) is 0 Å². The topological polar surface area (TPSA) is 239 Å². The summed E-state index contributed by atoms with van der Waals surface area (Å²) >= 11 is 0. The normalized spacial score (nSPS) is 17.1. The summed E-state index contributed by atoms with van der Waals surface area (Å²) in [6, 6.07) is 35.0. The van der Waals surface area contributed by atoms with Gasteiger partial charge in [-0.25, -0.2) is 14.4 Å². The second-order valence-electron chi connectivity index (χ2n) is 30.3. The molecule has 3 fully saturated rings. The highest BCUT2D eigenvalue weighted by atomic mass is 16.7. The Morgan fingerprint density at radius 3 is 1.23 bits per heavy atom. The van der Waals surface area contributed by atoms with Crippen LogP contribution in [-0.4, -0.2) is 121 Å². The van der Waals surface area contributed by atoms with Gasteiger partial charge in [-0.1, -0.05) is 70.7 Å². The number of ether oxygens (including phenoxy) is 13. The lowest BCUT2D eigenvalue weighted by Crippen LogP contribution is -2.22. The molecule has 1 saturated heterocycles. The smallest absolute Gasteiger partial charge is 0.343 e. The van der Waals surface area contributed by atoms with Gasteiger partial charge in [0.2, 0.25) is 0 Å². The minimum Gasteiger partial charge on any atom is -0.494 e. The second kappa shape index (κ2) is 52.0. The summed E-state index contributed by atoms with van der Waals surface area (Å²) in [6.07, 6.45) is 30.1. The van der Waals surface area contributed by atoms with Crippen molar-refractivity contribution in [3.05, 3.63) is 143 Å². The maximum absolute atomic E-state index is 13.5. The third kappa shape index (κ3) is 34.5. The Hall–Kier alpha value is -8.49. The van der Waals surface area contributed by atoms with Gasteiger partial charge in [-0.05, 0) is 305 Å². The van der Waals surface area contributed by atoms with Crippen molar-refractivity contribution in [3.8, 4) is 34.5 Å². The van der Waals surface area contributed by atoms with E-state index in [2.05, 4.69) is 45.0 Å². The molecule has 1 aliphatic heterocycles. The lowest BCUT2D eigenvalue weighted by molar-refractivity contribution is -0.162. The molecule has 0 N–H and O–H groups in total. The molecule has 3 aliphatic rings. The summed E-state index contributed by atoms with van der Waals surface area (Å²) < 4.78 is 74.0. The first-order valence-corrected chi connectivity index (χ1v) is 42.3. The molecule has 20 nitrogen and oxygen atoms in total. The average Bonchev–Trinajstić information content (AvgIpc) is 1.59. The Labute approximate surface area is 665 Å². The molecule has 2 aliphatic carbocycles. The van der Waals surface area contributed by atoms with Gasteiger partial charge >= 0.3 is 41.8 Å². The van der Waals surface area contributed by atoms with E-state index in [-0.39, 0.29) is 76.0 Å². The van der Waals surface area contributed by atoms with Crippen molar-refractivity contribution in [1.29, 1.82) is 0 Å². The molecule has 0 bridgehead atoms. The van der Waals surface area contributed by atoms with Crippen LogP contribution in [-0.2, 0) is 57.8 Å². The molecular formula is C92H126O20. The number of hydrogen-bond acceptors (Lipinski definition) is 20. The van der Waals surface area contributed by atoms with E-state index in [0.29, 0.717) is 123 Å². The van der Waals surface area contributed by atoms with Crippen molar-refractivity contribution in [3.63, 3.8) is 0 Å². The van der Waals surface area contributed by atoms with Crippen LogP contribution >= 0.6 is 0 Å². The first kappa shape index (κ1) is 89.1. The Balaban J connectivity index is 0.599. The van der Waals surface area contributed by atoms with Gasteiger partial charge < -0.3 is 61.6 Å². The van der Waals surface area contributed by atoms with E-state index in [4.69, 9.17) is 61.6 Å². The third-order valence-corrected chi connectivity index (χ3v) is 21.3. The molecular weight excluding hydrogens is 1420 g/mol. The molecule has 3 unspecified atom stereocenters. The van der Waals surface area contributed by atoms with Crippen molar-refractivity contribution in [2.45, 2.75) is 270 Å². The molecule has 112 heavy (non-hydrogen) atoms. The molecule has 614 valence electrons. The lowest BCUT2D eigenvalue weighted by atomic mass is 9.77. The summed E-state index contributed by atoms with van der Waals surface area (Å²) in [6.45, 7) is 11.3. The molecule has 0 spiro atoms. The van der Waals surface area contributed by atoms with Crippen LogP contribution in [0.3, 0.4) is 0 Å². The molecule has 5 aromatic rings. The van der Waals surface area contributed by atoms with Crippen LogP contribution in [0.5, 0.6) is 34.5 Å². The van der Waals surface area contributed by atoms with Crippen molar-refractivity contribution < 1.29 is 95.1 Å². The van der Waals surface area contributed by atoms with Crippen molar-refractivity contribution in [1.82, 2.24) is 0 Å². The average molecular weight is 1550 g/mol. The van der Waals surface area contributed by atoms with Crippen molar-refractivity contribution in [2.24, 2.45) is 11.8 Å². The first-order valence-electron chi connectivity index (χ1n) is 42.3. The molecule has 20 heteroatoms. The Kier molecular flexibility index (Phi) is 41.4. The Morgan fingerprint density at radius 1 is 0.384 bits per heavy atom. The maximum atomic E-state index is 13.5. The van der Waals surface area contributed by atoms with E-state index < -0.39 is 41.8 Å². The molecule has 8 rings (SSSR count). The van der Waals surface area contributed by atoms with Gasteiger partial charge in [0.05, 0.1) is 96.3 Å².